The first-order valence-electron chi connectivity index (χ1n) is 6.26. The fourth-order valence-electron chi connectivity index (χ4n) is 1.98. The molecular formula is C16H17FO2. The number of halogens is 1. The summed E-state index contributed by atoms with van der Waals surface area (Å²) in [6.45, 7) is 4.21. The number of benzene rings is 2. The van der Waals surface area contributed by atoms with Crippen molar-refractivity contribution in [2.24, 2.45) is 0 Å². The second-order valence-corrected chi connectivity index (χ2v) is 4.54. The Kier molecular flexibility index (Phi) is 3.86. The van der Waals surface area contributed by atoms with Gasteiger partial charge in [0.05, 0.1) is 6.61 Å². The summed E-state index contributed by atoms with van der Waals surface area (Å²) >= 11 is 0. The second-order valence-electron chi connectivity index (χ2n) is 4.54. The minimum absolute atomic E-state index is 0.314. The summed E-state index contributed by atoms with van der Waals surface area (Å²) in [4.78, 5) is 0. The van der Waals surface area contributed by atoms with Crippen LogP contribution < -0.4 is 4.74 Å². The Bertz CT molecular complexity index is 530. The van der Waals surface area contributed by atoms with Crippen molar-refractivity contribution in [3.63, 3.8) is 0 Å². The topological polar surface area (TPSA) is 29.5 Å². The summed E-state index contributed by atoms with van der Waals surface area (Å²) < 4.78 is 18.3. The largest absolute Gasteiger partial charge is 0.494 e. The van der Waals surface area contributed by atoms with E-state index in [9.17, 15) is 9.50 Å². The second kappa shape index (κ2) is 5.41. The highest BCUT2D eigenvalue weighted by molar-refractivity contribution is 5.38. The van der Waals surface area contributed by atoms with E-state index < -0.39 is 5.60 Å². The van der Waals surface area contributed by atoms with Crippen LogP contribution in [0.15, 0.2) is 48.5 Å². The Balaban J connectivity index is 2.30. The maximum atomic E-state index is 12.9. The van der Waals surface area contributed by atoms with Crippen LogP contribution in [-0.2, 0) is 5.60 Å². The van der Waals surface area contributed by atoms with Gasteiger partial charge in [0.15, 0.2) is 0 Å². The quantitative estimate of drug-likeness (QED) is 0.912. The van der Waals surface area contributed by atoms with Crippen LogP contribution in [-0.4, -0.2) is 11.7 Å². The van der Waals surface area contributed by atoms with Crippen molar-refractivity contribution in [2.75, 3.05) is 6.61 Å². The molecule has 0 aliphatic carbocycles. The standard InChI is InChI=1S/C16H17FO2/c1-3-19-15-10-6-13(7-11-15)16(2,18)12-4-8-14(17)9-5-12/h4-11,18H,3H2,1-2H3. The first-order chi connectivity index (χ1) is 9.04. The molecule has 0 aliphatic rings. The molecule has 0 heterocycles. The zero-order valence-electron chi connectivity index (χ0n) is 11.1. The van der Waals surface area contributed by atoms with Gasteiger partial charge >= 0.3 is 0 Å². The third kappa shape index (κ3) is 2.93. The maximum absolute atomic E-state index is 12.9. The first-order valence-corrected chi connectivity index (χ1v) is 6.26. The van der Waals surface area contributed by atoms with Crippen LogP contribution >= 0.6 is 0 Å². The molecule has 3 heteroatoms. The highest BCUT2D eigenvalue weighted by atomic mass is 19.1. The van der Waals surface area contributed by atoms with Crippen molar-refractivity contribution >= 4 is 0 Å². The molecule has 0 aliphatic heterocycles. The molecule has 2 aromatic rings. The van der Waals surface area contributed by atoms with E-state index >= 15 is 0 Å². The van der Waals surface area contributed by atoms with Gasteiger partial charge < -0.3 is 9.84 Å². The van der Waals surface area contributed by atoms with Gasteiger partial charge in [-0.15, -0.1) is 0 Å². The van der Waals surface area contributed by atoms with Gasteiger partial charge in [0.1, 0.15) is 17.2 Å². The zero-order valence-corrected chi connectivity index (χ0v) is 11.1. The number of ether oxygens (including phenoxy) is 1. The van der Waals surface area contributed by atoms with E-state index in [1.54, 1.807) is 19.1 Å². The van der Waals surface area contributed by atoms with Crippen LogP contribution in [0.1, 0.15) is 25.0 Å². The normalized spacial score (nSPS) is 13.9. The van der Waals surface area contributed by atoms with E-state index in [1.165, 1.54) is 12.1 Å². The molecule has 19 heavy (non-hydrogen) atoms. The van der Waals surface area contributed by atoms with Crippen LogP contribution in [0.25, 0.3) is 0 Å². The molecule has 100 valence electrons. The number of hydrogen-bond donors (Lipinski definition) is 1. The predicted molar refractivity (Wildman–Crippen MR) is 72.7 cm³/mol. The molecule has 0 bridgehead atoms. The Morgan fingerprint density at radius 3 is 1.95 bits per heavy atom. The molecule has 0 fully saturated rings. The summed E-state index contributed by atoms with van der Waals surface area (Å²) in [6.07, 6.45) is 0. The van der Waals surface area contributed by atoms with Gasteiger partial charge in [-0.25, -0.2) is 4.39 Å². The highest BCUT2D eigenvalue weighted by Gasteiger charge is 2.25. The van der Waals surface area contributed by atoms with Crippen molar-refractivity contribution in [1.29, 1.82) is 0 Å². The van der Waals surface area contributed by atoms with Gasteiger partial charge in [0.2, 0.25) is 0 Å². The molecule has 2 rings (SSSR count). The number of hydrogen-bond acceptors (Lipinski definition) is 2. The summed E-state index contributed by atoms with van der Waals surface area (Å²) in [6, 6.07) is 13.1. The monoisotopic (exact) mass is 260 g/mol. The molecule has 0 amide bonds. The first kappa shape index (κ1) is 13.6. The van der Waals surface area contributed by atoms with Crippen LogP contribution in [0.5, 0.6) is 5.75 Å². The predicted octanol–water partition coefficient (Wildman–Crippen LogP) is 3.48. The van der Waals surface area contributed by atoms with Crippen LogP contribution in [0.3, 0.4) is 0 Å². The maximum Gasteiger partial charge on any atom is 0.123 e. The van der Waals surface area contributed by atoms with Gasteiger partial charge in [0, 0.05) is 0 Å². The van der Waals surface area contributed by atoms with Crippen molar-refractivity contribution in [2.45, 2.75) is 19.4 Å². The fourth-order valence-corrected chi connectivity index (χ4v) is 1.98. The van der Waals surface area contributed by atoms with Crippen molar-refractivity contribution in [3.8, 4) is 5.75 Å². The van der Waals surface area contributed by atoms with E-state index in [4.69, 9.17) is 4.74 Å². The smallest absolute Gasteiger partial charge is 0.123 e. The van der Waals surface area contributed by atoms with Crippen molar-refractivity contribution in [1.82, 2.24) is 0 Å². The summed E-state index contributed by atoms with van der Waals surface area (Å²) in [5, 5.41) is 10.6. The molecule has 2 nitrogen and oxygen atoms in total. The number of rotatable bonds is 4. The Labute approximate surface area is 112 Å². The molecule has 0 saturated heterocycles. The van der Waals surface area contributed by atoms with E-state index in [0.717, 1.165) is 11.3 Å². The lowest BCUT2D eigenvalue weighted by Crippen LogP contribution is -2.22. The molecule has 0 aromatic heterocycles. The van der Waals surface area contributed by atoms with E-state index in [-0.39, 0.29) is 5.82 Å². The lowest BCUT2D eigenvalue weighted by Gasteiger charge is -2.24. The molecule has 0 radical (unpaired) electrons. The van der Waals surface area contributed by atoms with Crippen LogP contribution in [0, 0.1) is 5.82 Å². The van der Waals surface area contributed by atoms with Gasteiger partial charge in [0.25, 0.3) is 0 Å². The third-order valence-corrected chi connectivity index (χ3v) is 3.13. The minimum atomic E-state index is -1.15. The average Bonchev–Trinajstić information content (AvgIpc) is 2.40. The minimum Gasteiger partial charge on any atom is -0.494 e. The van der Waals surface area contributed by atoms with Crippen molar-refractivity contribution < 1.29 is 14.2 Å². The molecule has 1 atom stereocenters. The SMILES string of the molecule is CCOc1ccc(C(C)(O)c2ccc(F)cc2)cc1. The fraction of sp³-hybridized carbons (Fsp3) is 0.250. The zero-order chi connectivity index (χ0) is 13.9. The number of aliphatic hydroxyl groups is 1. The molecule has 2 aromatic carbocycles. The van der Waals surface area contributed by atoms with E-state index in [2.05, 4.69) is 0 Å². The summed E-state index contributed by atoms with van der Waals surface area (Å²) in [7, 11) is 0. The van der Waals surface area contributed by atoms with Crippen LogP contribution in [0.4, 0.5) is 4.39 Å². The van der Waals surface area contributed by atoms with Crippen LogP contribution in [0.2, 0.25) is 0 Å². The summed E-state index contributed by atoms with van der Waals surface area (Å²) in [5.74, 6) is 0.451. The van der Waals surface area contributed by atoms with Crippen molar-refractivity contribution in [3.05, 3.63) is 65.5 Å². The lowest BCUT2D eigenvalue weighted by atomic mass is 9.88. The third-order valence-electron chi connectivity index (χ3n) is 3.13. The Morgan fingerprint density at radius 2 is 1.47 bits per heavy atom. The molecule has 1 unspecified atom stereocenters. The van der Waals surface area contributed by atoms with E-state index in [0.29, 0.717) is 12.2 Å². The van der Waals surface area contributed by atoms with Gasteiger partial charge in [-0.05, 0) is 49.2 Å². The highest BCUT2D eigenvalue weighted by Crippen LogP contribution is 2.30. The van der Waals surface area contributed by atoms with E-state index in [1.807, 2.05) is 31.2 Å². The average molecular weight is 260 g/mol. The summed E-state index contributed by atoms with van der Waals surface area (Å²) in [5.41, 5.74) is 0.235. The molecular weight excluding hydrogens is 243 g/mol. The molecule has 0 saturated carbocycles. The van der Waals surface area contributed by atoms with Gasteiger partial charge in [-0.2, -0.15) is 0 Å². The molecule has 0 spiro atoms. The Morgan fingerprint density at radius 1 is 1.00 bits per heavy atom. The van der Waals surface area contributed by atoms with Gasteiger partial charge in [-0.3, -0.25) is 0 Å². The van der Waals surface area contributed by atoms with Gasteiger partial charge in [-0.1, -0.05) is 24.3 Å². The Hall–Kier alpha value is -1.87. The lowest BCUT2D eigenvalue weighted by molar-refractivity contribution is 0.102. The molecule has 1 N–H and O–H groups in total.